The van der Waals surface area contributed by atoms with Crippen LogP contribution in [-0.4, -0.2) is 19.2 Å². The number of nitrogens with one attached hydrogen (secondary N) is 2. The summed E-state index contributed by atoms with van der Waals surface area (Å²) in [6.45, 7) is 3.99. The van der Waals surface area contributed by atoms with Crippen molar-refractivity contribution in [1.82, 2.24) is 5.32 Å². The molecular weight excluding hydrogens is 204 g/mol. The highest BCUT2D eigenvalue weighted by atomic mass is 16.5. The molecule has 0 aliphatic rings. The number of urea groups is 1. The summed E-state index contributed by atoms with van der Waals surface area (Å²) in [6.07, 6.45) is 0.908. The van der Waals surface area contributed by atoms with Crippen LogP contribution in [0.15, 0.2) is 24.3 Å². The molecule has 0 spiro atoms. The van der Waals surface area contributed by atoms with Gasteiger partial charge in [-0.3, -0.25) is 0 Å². The van der Waals surface area contributed by atoms with Crippen LogP contribution in [0.2, 0.25) is 0 Å². The molecule has 0 aliphatic carbocycles. The van der Waals surface area contributed by atoms with Crippen molar-refractivity contribution >= 4 is 11.7 Å². The summed E-state index contributed by atoms with van der Waals surface area (Å²) in [4.78, 5) is 11.5. The van der Waals surface area contributed by atoms with Crippen molar-refractivity contribution in [2.75, 3.05) is 12.4 Å². The Morgan fingerprint density at radius 1 is 1.50 bits per heavy atom. The van der Waals surface area contributed by atoms with E-state index in [-0.39, 0.29) is 12.1 Å². The lowest BCUT2D eigenvalue weighted by atomic mass is 10.2. The number of anilines is 1. The third-order valence-electron chi connectivity index (χ3n) is 2.32. The van der Waals surface area contributed by atoms with Gasteiger partial charge in [-0.15, -0.1) is 0 Å². The molecule has 0 aliphatic heterocycles. The Hall–Kier alpha value is -1.71. The predicted molar refractivity (Wildman–Crippen MR) is 64.9 cm³/mol. The molecule has 1 aromatic carbocycles. The smallest absolute Gasteiger partial charge is 0.319 e. The predicted octanol–water partition coefficient (Wildman–Crippen LogP) is 2.62. The third-order valence-corrected chi connectivity index (χ3v) is 2.32. The Bertz CT molecular complexity index is 353. The summed E-state index contributed by atoms with van der Waals surface area (Å²) in [7, 11) is 1.60. The highest BCUT2D eigenvalue weighted by Crippen LogP contribution is 2.16. The van der Waals surface area contributed by atoms with E-state index >= 15 is 0 Å². The van der Waals surface area contributed by atoms with Gasteiger partial charge in [0.1, 0.15) is 5.75 Å². The van der Waals surface area contributed by atoms with Gasteiger partial charge in [0.05, 0.1) is 7.11 Å². The molecule has 2 N–H and O–H groups in total. The first-order chi connectivity index (χ1) is 7.65. The van der Waals surface area contributed by atoms with Crippen LogP contribution < -0.4 is 15.4 Å². The molecule has 0 bridgehead atoms. The van der Waals surface area contributed by atoms with Gasteiger partial charge < -0.3 is 15.4 Å². The molecule has 2 amide bonds. The fourth-order valence-corrected chi connectivity index (χ4v) is 1.19. The van der Waals surface area contributed by atoms with Gasteiger partial charge >= 0.3 is 6.03 Å². The average Bonchev–Trinajstić information content (AvgIpc) is 2.28. The van der Waals surface area contributed by atoms with Gasteiger partial charge in [-0.25, -0.2) is 4.79 Å². The quantitative estimate of drug-likeness (QED) is 0.822. The molecule has 0 unspecified atom stereocenters. The van der Waals surface area contributed by atoms with Crippen molar-refractivity contribution in [1.29, 1.82) is 0 Å². The second-order valence-corrected chi connectivity index (χ2v) is 3.64. The molecule has 1 aromatic rings. The van der Waals surface area contributed by atoms with Crippen molar-refractivity contribution in [2.24, 2.45) is 0 Å². The summed E-state index contributed by atoms with van der Waals surface area (Å²) < 4.78 is 5.07. The van der Waals surface area contributed by atoms with E-state index in [4.69, 9.17) is 4.74 Å². The fourth-order valence-electron chi connectivity index (χ4n) is 1.19. The van der Waals surface area contributed by atoms with E-state index in [1.165, 1.54) is 0 Å². The van der Waals surface area contributed by atoms with E-state index in [2.05, 4.69) is 10.6 Å². The summed E-state index contributed by atoms with van der Waals surface area (Å²) in [5.41, 5.74) is 0.722. The number of hydrogen-bond donors (Lipinski definition) is 2. The molecule has 0 heterocycles. The highest BCUT2D eigenvalue weighted by Gasteiger charge is 2.05. The number of amides is 2. The van der Waals surface area contributed by atoms with E-state index in [1.54, 1.807) is 13.2 Å². The number of carbonyl (C=O) groups is 1. The molecular formula is C12H18N2O2. The molecule has 88 valence electrons. The lowest BCUT2D eigenvalue weighted by Crippen LogP contribution is -2.35. The monoisotopic (exact) mass is 222 g/mol. The van der Waals surface area contributed by atoms with Crippen LogP contribution >= 0.6 is 0 Å². The minimum atomic E-state index is -0.192. The zero-order chi connectivity index (χ0) is 12.0. The van der Waals surface area contributed by atoms with Crippen LogP contribution in [0, 0.1) is 0 Å². The Balaban J connectivity index is 2.55. The van der Waals surface area contributed by atoms with E-state index in [1.807, 2.05) is 32.0 Å². The zero-order valence-corrected chi connectivity index (χ0v) is 9.91. The van der Waals surface area contributed by atoms with E-state index in [9.17, 15) is 4.79 Å². The number of rotatable bonds is 4. The zero-order valence-electron chi connectivity index (χ0n) is 9.91. The molecule has 0 saturated carbocycles. The molecule has 4 heteroatoms. The van der Waals surface area contributed by atoms with E-state index in [0.29, 0.717) is 0 Å². The lowest BCUT2D eigenvalue weighted by molar-refractivity contribution is 0.249. The normalized spacial score (nSPS) is 11.7. The van der Waals surface area contributed by atoms with Gasteiger partial charge in [-0.2, -0.15) is 0 Å². The van der Waals surface area contributed by atoms with Gasteiger partial charge in [0.2, 0.25) is 0 Å². The first-order valence-corrected chi connectivity index (χ1v) is 5.37. The first kappa shape index (κ1) is 12.4. The van der Waals surface area contributed by atoms with Crippen LogP contribution in [0.1, 0.15) is 20.3 Å². The van der Waals surface area contributed by atoms with Crippen molar-refractivity contribution in [2.45, 2.75) is 26.3 Å². The SMILES string of the molecule is CC[C@@H](C)NC(=O)Nc1cccc(OC)c1. The maximum Gasteiger partial charge on any atom is 0.319 e. The van der Waals surface area contributed by atoms with Crippen LogP contribution in [-0.2, 0) is 0 Å². The molecule has 0 aromatic heterocycles. The molecule has 0 radical (unpaired) electrons. The van der Waals surface area contributed by atoms with Crippen LogP contribution in [0.3, 0.4) is 0 Å². The number of hydrogen-bond acceptors (Lipinski definition) is 2. The fraction of sp³-hybridized carbons (Fsp3) is 0.417. The van der Waals surface area contributed by atoms with Gasteiger partial charge in [0.15, 0.2) is 0 Å². The summed E-state index contributed by atoms with van der Waals surface area (Å²) in [5.74, 6) is 0.723. The highest BCUT2D eigenvalue weighted by molar-refractivity contribution is 5.89. The van der Waals surface area contributed by atoms with Gasteiger partial charge in [0, 0.05) is 17.8 Å². The maximum absolute atomic E-state index is 11.5. The Labute approximate surface area is 96.0 Å². The Morgan fingerprint density at radius 3 is 2.88 bits per heavy atom. The van der Waals surface area contributed by atoms with Gasteiger partial charge in [-0.1, -0.05) is 13.0 Å². The summed E-state index contributed by atoms with van der Waals surface area (Å²) in [6, 6.07) is 7.23. The second kappa shape index (κ2) is 6.00. The maximum atomic E-state index is 11.5. The number of carbonyl (C=O) groups excluding carboxylic acids is 1. The topological polar surface area (TPSA) is 50.4 Å². The van der Waals surface area contributed by atoms with Gasteiger partial charge in [0.25, 0.3) is 0 Å². The minimum Gasteiger partial charge on any atom is -0.497 e. The molecule has 16 heavy (non-hydrogen) atoms. The molecule has 0 saturated heterocycles. The molecule has 4 nitrogen and oxygen atoms in total. The molecule has 1 atom stereocenters. The van der Waals surface area contributed by atoms with Crippen LogP contribution in [0.25, 0.3) is 0 Å². The van der Waals surface area contributed by atoms with Crippen LogP contribution in [0.5, 0.6) is 5.75 Å². The molecule has 1 rings (SSSR count). The van der Waals surface area contributed by atoms with Crippen molar-refractivity contribution in [3.05, 3.63) is 24.3 Å². The summed E-state index contributed by atoms with van der Waals surface area (Å²) >= 11 is 0. The number of methoxy groups -OCH3 is 1. The average molecular weight is 222 g/mol. The standard InChI is InChI=1S/C12H18N2O2/c1-4-9(2)13-12(15)14-10-6-5-7-11(8-10)16-3/h5-9H,4H2,1-3H3,(H2,13,14,15)/t9-/m1/s1. The number of ether oxygens (including phenoxy) is 1. The van der Waals surface area contributed by atoms with E-state index in [0.717, 1.165) is 17.9 Å². The molecule has 0 fully saturated rings. The van der Waals surface area contributed by atoms with E-state index < -0.39 is 0 Å². The Morgan fingerprint density at radius 2 is 2.25 bits per heavy atom. The first-order valence-electron chi connectivity index (χ1n) is 5.37. The third kappa shape index (κ3) is 3.81. The second-order valence-electron chi connectivity index (χ2n) is 3.64. The number of benzene rings is 1. The Kier molecular flexibility index (Phi) is 4.64. The van der Waals surface area contributed by atoms with Gasteiger partial charge in [-0.05, 0) is 25.5 Å². The van der Waals surface area contributed by atoms with Crippen LogP contribution in [0.4, 0.5) is 10.5 Å². The van der Waals surface area contributed by atoms with Crippen molar-refractivity contribution in [3.63, 3.8) is 0 Å². The minimum absolute atomic E-state index is 0.172. The van der Waals surface area contributed by atoms with Crippen molar-refractivity contribution in [3.8, 4) is 5.75 Å². The van der Waals surface area contributed by atoms with Crippen molar-refractivity contribution < 1.29 is 9.53 Å². The largest absolute Gasteiger partial charge is 0.497 e. The lowest BCUT2D eigenvalue weighted by Gasteiger charge is -2.12. The summed E-state index contributed by atoms with van der Waals surface area (Å²) in [5, 5.41) is 5.58.